The molecule has 2 heterocycles. The van der Waals surface area contributed by atoms with E-state index in [0.29, 0.717) is 19.8 Å². The Bertz CT molecular complexity index is 335. The zero-order chi connectivity index (χ0) is 12.8. The van der Waals surface area contributed by atoms with Crippen LogP contribution in [0, 0.1) is 5.92 Å². The molecule has 2 saturated heterocycles. The maximum absolute atomic E-state index is 11.8. The van der Waals surface area contributed by atoms with Crippen molar-refractivity contribution in [3.8, 4) is 0 Å². The molecule has 0 aromatic rings. The van der Waals surface area contributed by atoms with Gasteiger partial charge in [-0.05, 0) is 12.3 Å². The van der Waals surface area contributed by atoms with Crippen LogP contribution in [0.15, 0.2) is 0 Å². The zero-order valence-corrected chi connectivity index (χ0v) is 11.5. The molecule has 7 heteroatoms. The van der Waals surface area contributed by atoms with Crippen molar-refractivity contribution in [1.82, 2.24) is 14.9 Å². The first-order chi connectivity index (χ1) is 8.66. The van der Waals surface area contributed by atoms with Crippen molar-refractivity contribution in [2.75, 3.05) is 58.2 Å². The molecule has 2 fully saturated rings. The molecule has 18 heavy (non-hydrogen) atoms. The molecule has 2 rings (SSSR count). The first-order valence-electron chi connectivity index (χ1n) is 6.64. The van der Waals surface area contributed by atoms with Gasteiger partial charge in [0.05, 0.1) is 12.4 Å². The highest BCUT2D eigenvalue weighted by Gasteiger charge is 2.23. The lowest BCUT2D eigenvalue weighted by molar-refractivity contribution is 0.188. The monoisotopic (exact) mass is 277 g/mol. The van der Waals surface area contributed by atoms with Crippen molar-refractivity contribution in [2.24, 2.45) is 5.92 Å². The molecule has 2 N–H and O–H groups in total. The molecule has 106 valence electrons. The second-order valence-corrected chi connectivity index (χ2v) is 6.85. The van der Waals surface area contributed by atoms with Gasteiger partial charge in [-0.25, -0.2) is 13.1 Å². The zero-order valence-electron chi connectivity index (χ0n) is 10.7. The summed E-state index contributed by atoms with van der Waals surface area (Å²) in [7, 11) is -3.14. The largest absolute Gasteiger partial charge is 0.381 e. The van der Waals surface area contributed by atoms with Crippen LogP contribution < -0.4 is 10.0 Å². The second-order valence-electron chi connectivity index (χ2n) is 5.00. The number of nitrogens with one attached hydrogen (secondary N) is 2. The van der Waals surface area contributed by atoms with Gasteiger partial charge in [0.1, 0.15) is 0 Å². The van der Waals surface area contributed by atoms with Crippen LogP contribution in [-0.2, 0) is 14.8 Å². The van der Waals surface area contributed by atoms with Gasteiger partial charge >= 0.3 is 0 Å². The predicted molar refractivity (Wildman–Crippen MR) is 70.0 cm³/mol. The Hall–Kier alpha value is -0.210. The van der Waals surface area contributed by atoms with Crippen LogP contribution in [0.2, 0.25) is 0 Å². The number of piperazine rings is 1. The summed E-state index contributed by atoms with van der Waals surface area (Å²) in [4.78, 5) is 2.28. The van der Waals surface area contributed by atoms with E-state index in [1.54, 1.807) is 0 Å². The maximum Gasteiger partial charge on any atom is 0.211 e. The fourth-order valence-electron chi connectivity index (χ4n) is 2.38. The molecule has 2 aliphatic heterocycles. The van der Waals surface area contributed by atoms with E-state index < -0.39 is 10.0 Å². The Kier molecular flexibility index (Phi) is 5.38. The van der Waals surface area contributed by atoms with E-state index in [1.165, 1.54) is 0 Å². The lowest BCUT2D eigenvalue weighted by Gasteiger charge is -2.27. The summed E-state index contributed by atoms with van der Waals surface area (Å²) in [6.07, 6.45) is 0.860. The molecule has 0 spiro atoms. The van der Waals surface area contributed by atoms with Crippen LogP contribution in [0.1, 0.15) is 6.42 Å². The minimum atomic E-state index is -3.14. The fourth-order valence-corrected chi connectivity index (χ4v) is 3.78. The quantitative estimate of drug-likeness (QED) is 0.641. The average molecular weight is 277 g/mol. The van der Waals surface area contributed by atoms with Crippen LogP contribution in [-0.4, -0.2) is 71.6 Å². The van der Waals surface area contributed by atoms with Crippen LogP contribution in [0.4, 0.5) is 0 Å². The summed E-state index contributed by atoms with van der Waals surface area (Å²) < 4.78 is 31.5. The molecule has 6 nitrogen and oxygen atoms in total. The molecule has 1 unspecified atom stereocenters. The molecular formula is C11H23N3O3S. The lowest BCUT2D eigenvalue weighted by atomic mass is 10.2. The highest BCUT2D eigenvalue weighted by Crippen LogP contribution is 2.13. The van der Waals surface area contributed by atoms with Crippen LogP contribution >= 0.6 is 0 Å². The highest BCUT2D eigenvalue weighted by molar-refractivity contribution is 7.89. The maximum atomic E-state index is 11.8. The van der Waals surface area contributed by atoms with E-state index in [9.17, 15) is 8.42 Å². The van der Waals surface area contributed by atoms with Gasteiger partial charge in [-0.3, -0.25) is 4.90 Å². The molecule has 0 aromatic carbocycles. The number of nitrogens with zero attached hydrogens (tertiary/aromatic N) is 1. The predicted octanol–water partition coefficient (Wildman–Crippen LogP) is -1.15. The van der Waals surface area contributed by atoms with Gasteiger partial charge < -0.3 is 10.1 Å². The van der Waals surface area contributed by atoms with E-state index in [4.69, 9.17) is 4.74 Å². The Morgan fingerprint density at radius 2 is 2.11 bits per heavy atom. The van der Waals surface area contributed by atoms with E-state index in [2.05, 4.69) is 14.9 Å². The van der Waals surface area contributed by atoms with Crippen molar-refractivity contribution in [2.45, 2.75) is 6.42 Å². The van der Waals surface area contributed by atoms with Gasteiger partial charge in [0, 0.05) is 45.9 Å². The smallest absolute Gasteiger partial charge is 0.211 e. The summed E-state index contributed by atoms with van der Waals surface area (Å²) in [5, 5.41) is 3.28. The minimum absolute atomic E-state index is 0.168. The molecule has 1 atom stereocenters. The molecule has 0 saturated carbocycles. The van der Waals surface area contributed by atoms with Crippen molar-refractivity contribution in [3.05, 3.63) is 0 Å². The van der Waals surface area contributed by atoms with Crippen LogP contribution in [0.3, 0.4) is 0 Å². The van der Waals surface area contributed by atoms with Gasteiger partial charge in [-0.1, -0.05) is 0 Å². The highest BCUT2D eigenvalue weighted by atomic mass is 32.2. The summed E-state index contributed by atoms with van der Waals surface area (Å²) >= 11 is 0. The van der Waals surface area contributed by atoms with Gasteiger partial charge in [0.15, 0.2) is 0 Å². The summed E-state index contributed by atoms with van der Waals surface area (Å²) in [5.41, 5.74) is 0. The number of rotatable bonds is 6. The van der Waals surface area contributed by atoms with E-state index >= 15 is 0 Å². The third-order valence-corrected chi connectivity index (χ3v) is 4.99. The van der Waals surface area contributed by atoms with Crippen molar-refractivity contribution in [1.29, 1.82) is 0 Å². The van der Waals surface area contributed by atoms with Gasteiger partial charge in [0.25, 0.3) is 0 Å². The van der Waals surface area contributed by atoms with Gasteiger partial charge in [0.2, 0.25) is 10.0 Å². The first-order valence-corrected chi connectivity index (χ1v) is 8.29. The number of hydrogen-bond donors (Lipinski definition) is 2. The third kappa shape index (κ3) is 4.81. The van der Waals surface area contributed by atoms with Crippen LogP contribution in [0.25, 0.3) is 0 Å². The van der Waals surface area contributed by atoms with E-state index in [-0.39, 0.29) is 11.7 Å². The molecule has 2 aliphatic rings. The van der Waals surface area contributed by atoms with Gasteiger partial charge in [-0.2, -0.15) is 0 Å². The Balaban J connectivity index is 1.64. The van der Waals surface area contributed by atoms with Crippen molar-refractivity contribution >= 4 is 10.0 Å². The van der Waals surface area contributed by atoms with Crippen molar-refractivity contribution in [3.63, 3.8) is 0 Å². The summed E-state index contributed by atoms with van der Waals surface area (Å²) in [6, 6.07) is 0. The lowest BCUT2D eigenvalue weighted by Crippen LogP contribution is -2.46. The SMILES string of the molecule is O=S(=O)(CC1CCOC1)NCCN1CCNCC1. The second kappa shape index (κ2) is 6.81. The summed E-state index contributed by atoms with van der Waals surface area (Å²) in [5.74, 6) is 0.371. The Morgan fingerprint density at radius 1 is 1.33 bits per heavy atom. The number of ether oxygens (including phenoxy) is 1. The fraction of sp³-hybridized carbons (Fsp3) is 1.00. The third-order valence-electron chi connectivity index (χ3n) is 3.44. The standard InChI is InChI=1S/C11H23N3O3S/c15-18(16,10-11-1-8-17-9-11)13-4-7-14-5-2-12-3-6-14/h11-13H,1-10H2. The average Bonchev–Trinajstić information content (AvgIpc) is 2.82. The number of sulfonamides is 1. The normalized spacial score (nSPS) is 26.6. The van der Waals surface area contributed by atoms with Gasteiger partial charge in [-0.15, -0.1) is 0 Å². The molecule has 0 aliphatic carbocycles. The summed E-state index contributed by atoms with van der Waals surface area (Å²) in [6.45, 7) is 6.56. The molecular weight excluding hydrogens is 254 g/mol. The Morgan fingerprint density at radius 3 is 2.78 bits per heavy atom. The Labute approximate surface area is 109 Å². The first kappa shape index (κ1) is 14.2. The van der Waals surface area contributed by atoms with E-state index in [1.807, 2.05) is 0 Å². The van der Waals surface area contributed by atoms with Crippen molar-refractivity contribution < 1.29 is 13.2 Å². The number of hydrogen-bond acceptors (Lipinski definition) is 5. The minimum Gasteiger partial charge on any atom is -0.381 e. The topological polar surface area (TPSA) is 70.7 Å². The molecule has 0 amide bonds. The molecule has 0 aromatic heterocycles. The molecule has 0 radical (unpaired) electrons. The molecule has 0 bridgehead atoms. The van der Waals surface area contributed by atoms with Crippen LogP contribution in [0.5, 0.6) is 0 Å². The van der Waals surface area contributed by atoms with E-state index in [0.717, 1.165) is 39.1 Å².